The molecule has 2 aromatic rings. The van der Waals surface area contributed by atoms with Crippen molar-refractivity contribution in [3.63, 3.8) is 0 Å². The molecule has 1 amide bonds. The Morgan fingerprint density at radius 2 is 2.00 bits per heavy atom. The zero-order valence-corrected chi connectivity index (χ0v) is 18.8. The molecule has 1 unspecified atom stereocenters. The van der Waals surface area contributed by atoms with E-state index in [2.05, 4.69) is 6.92 Å². The van der Waals surface area contributed by atoms with E-state index < -0.39 is 12.1 Å². The lowest BCUT2D eigenvalue weighted by Gasteiger charge is -2.35. The van der Waals surface area contributed by atoms with E-state index in [0.717, 1.165) is 54.7 Å². The fourth-order valence-corrected chi connectivity index (χ4v) is 4.72. The number of benzene rings is 1. The van der Waals surface area contributed by atoms with Gasteiger partial charge in [-0.25, -0.2) is 4.79 Å². The van der Waals surface area contributed by atoms with E-state index in [4.69, 9.17) is 9.84 Å². The number of aromatic carboxylic acids is 1. The number of ether oxygens (including phenoxy) is 1. The van der Waals surface area contributed by atoms with Gasteiger partial charge in [0.25, 0.3) is 0 Å². The molecule has 3 rings (SSSR count). The molecular weight excluding hydrogens is 414 g/mol. The first-order chi connectivity index (χ1) is 15.0. The second-order valence-electron chi connectivity index (χ2n) is 8.00. The third kappa shape index (κ3) is 6.38. The highest BCUT2D eigenvalue weighted by Gasteiger charge is 2.29. The number of carbonyl (C=O) groups is 2. The lowest BCUT2D eigenvalue weighted by atomic mass is 9.99. The van der Waals surface area contributed by atoms with Gasteiger partial charge in [0.1, 0.15) is 4.88 Å². The van der Waals surface area contributed by atoms with Gasteiger partial charge in [-0.05, 0) is 49.1 Å². The number of amides is 1. The maximum atomic E-state index is 12.7. The second kappa shape index (κ2) is 11.4. The number of piperidine rings is 1. The summed E-state index contributed by atoms with van der Waals surface area (Å²) < 4.78 is 5.85. The molecule has 2 atom stereocenters. The van der Waals surface area contributed by atoms with Crippen LogP contribution in [-0.2, 0) is 16.1 Å². The minimum absolute atomic E-state index is 0.0551. The minimum atomic E-state index is -0.931. The summed E-state index contributed by atoms with van der Waals surface area (Å²) in [6.45, 7) is 2.87. The third-order valence-corrected chi connectivity index (χ3v) is 6.67. The molecule has 7 heteroatoms. The molecule has 0 radical (unpaired) electrons. The highest BCUT2D eigenvalue weighted by Crippen LogP contribution is 2.29. The topological polar surface area (TPSA) is 87.1 Å². The Morgan fingerprint density at radius 1 is 1.23 bits per heavy atom. The molecule has 1 fully saturated rings. The highest BCUT2D eigenvalue weighted by atomic mass is 32.1. The number of carboxylic acid groups (broad SMARTS) is 1. The van der Waals surface area contributed by atoms with Crippen molar-refractivity contribution in [2.24, 2.45) is 0 Å². The van der Waals surface area contributed by atoms with E-state index in [9.17, 15) is 14.7 Å². The van der Waals surface area contributed by atoms with Crippen LogP contribution in [0.4, 0.5) is 5.69 Å². The van der Waals surface area contributed by atoms with Gasteiger partial charge >= 0.3 is 5.97 Å². The molecule has 2 N–H and O–H groups in total. The van der Waals surface area contributed by atoms with E-state index in [-0.39, 0.29) is 11.9 Å². The summed E-state index contributed by atoms with van der Waals surface area (Å²) in [7, 11) is 0. The van der Waals surface area contributed by atoms with E-state index in [1.807, 2.05) is 29.2 Å². The van der Waals surface area contributed by atoms with Gasteiger partial charge < -0.3 is 19.8 Å². The van der Waals surface area contributed by atoms with Crippen molar-refractivity contribution in [3.8, 4) is 0 Å². The molecule has 1 aliphatic heterocycles. The normalized spacial score (nSPS) is 17.7. The summed E-state index contributed by atoms with van der Waals surface area (Å²) >= 11 is 1.21. The van der Waals surface area contributed by atoms with Gasteiger partial charge in [-0.15, -0.1) is 11.3 Å². The molecule has 1 aliphatic rings. The number of aliphatic hydroxyl groups is 1. The molecule has 1 saturated heterocycles. The van der Waals surface area contributed by atoms with Crippen LogP contribution in [0.5, 0.6) is 0 Å². The number of thiophene rings is 1. The summed E-state index contributed by atoms with van der Waals surface area (Å²) in [4.78, 5) is 26.6. The first kappa shape index (κ1) is 23.4. The number of carboxylic acids is 1. The Bertz CT molecular complexity index is 863. The summed E-state index contributed by atoms with van der Waals surface area (Å²) in [5, 5.41) is 19.4. The number of rotatable bonds is 11. The number of anilines is 1. The molecule has 0 saturated carbocycles. The van der Waals surface area contributed by atoms with E-state index in [0.29, 0.717) is 24.5 Å². The molecule has 1 aromatic carbocycles. The number of aliphatic hydroxyl groups excluding tert-OH is 1. The van der Waals surface area contributed by atoms with Crippen molar-refractivity contribution in [2.75, 3.05) is 11.5 Å². The number of carbonyl (C=O) groups excluding carboxylic acids is 1. The summed E-state index contributed by atoms with van der Waals surface area (Å²) in [6, 6.07) is 10.9. The largest absolute Gasteiger partial charge is 0.477 e. The van der Waals surface area contributed by atoms with Crippen LogP contribution in [0.25, 0.3) is 0 Å². The predicted molar refractivity (Wildman–Crippen MR) is 122 cm³/mol. The quantitative estimate of drug-likeness (QED) is 0.466. The second-order valence-corrected chi connectivity index (χ2v) is 9.17. The first-order valence-corrected chi connectivity index (χ1v) is 11.8. The maximum Gasteiger partial charge on any atom is 0.345 e. The Labute approximate surface area is 187 Å². The third-order valence-electron chi connectivity index (χ3n) is 5.63. The molecule has 168 valence electrons. The van der Waals surface area contributed by atoms with Crippen LogP contribution in [0.15, 0.2) is 36.4 Å². The summed E-state index contributed by atoms with van der Waals surface area (Å²) in [6.07, 6.45) is 5.72. The van der Waals surface area contributed by atoms with Crippen LogP contribution >= 0.6 is 11.3 Å². The standard InChI is InChI=1S/C24H31NO5S/c1-2-3-4-7-21(26)17-9-11-18(12-10-17)25-19(6-5-8-23(25)27)15-30-16-20-13-14-22(31-20)24(28)29/h9-14,19,21,26H,2-8,15-16H2,1H3,(H,28,29)/t19-,21?/m1/s1. The SMILES string of the molecule is CCCCCC(O)c1ccc(N2C(=O)CCC[C@@H]2COCc2ccc(C(=O)O)s2)cc1. The lowest BCUT2D eigenvalue weighted by Crippen LogP contribution is -2.46. The molecule has 0 spiro atoms. The van der Waals surface area contributed by atoms with Crippen molar-refractivity contribution in [1.82, 2.24) is 0 Å². The van der Waals surface area contributed by atoms with Crippen LogP contribution < -0.4 is 4.90 Å². The Kier molecular flexibility index (Phi) is 8.63. The van der Waals surface area contributed by atoms with E-state index in [1.165, 1.54) is 11.3 Å². The maximum absolute atomic E-state index is 12.7. The summed E-state index contributed by atoms with van der Waals surface area (Å²) in [5.74, 6) is -0.848. The first-order valence-electron chi connectivity index (χ1n) is 11.0. The van der Waals surface area contributed by atoms with Gasteiger partial charge in [0, 0.05) is 17.0 Å². The van der Waals surface area contributed by atoms with E-state index >= 15 is 0 Å². The van der Waals surface area contributed by atoms with Gasteiger partial charge in [0.15, 0.2) is 0 Å². The average Bonchev–Trinajstić information content (AvgIpc) is 3.23. The molecule has 1 aromatic heterocycles. The number of hydrogen-bond donors (Lipinski definition) is 2. The molecule has 2 heterocycles. The lowest BCUT2D eigenvalue weighted by molar-refractivity contribution is -0.120. The van der Waals surface area contributed by atoms with Gasteiger partial charge in [-0.1, -0.05) is 38.3 Å². The monoisotopic (exact) mass is 445 g/mol. The fraction of sp³-hybridized carbons (Fsp3) is 0.500. The Balaban J connectivity index is 1.60. The van der Waals surface area contributed by atoms with Crippen molar-refractivity contribution in [3.05, 3.63) is 51.7 Å². The van der Waals surface area contributed by atoms with Crippen LogP contribution in [0.1, 0.15) is 78.1 Å². The predicted octanol–water partition coefficient (Wildman–Crippen LogP) is 5.16. The molecule has 0 aliphatic carbocycles. The molecular formula is C24H31NO5S. The average molecular weight is 446 g/mol. The summed E-state index contributed by atoms with van der Waals surface area (Å²) in [5.41, 5.74) is 1.70. The van der Waals surface area contributed by atoms with Crippen molar-refractivity contribution < 1.29 is 24.5 Å². The van der Waals surface area contributed by atoms with Crippen molar-refractivity contribution in [1.29, 1.82) is 0 Å². The Morgan fingerprint density at radius 3 is 2.68 bits per heavy atom. The number of hydrogen-bond acceptors (Lipinski definition) is 5. The number of unbranched alkanes of at least 4 members (excludes halogenated alkanes) is 2. The van der Waals surface area contributed by atoms with Crippen LogP contribution in [0.2, 0.25) is 0 Å². The zero-order chi connectivity index (χ0) is 22.2. The highest BCUT2D eigenvalue weighted by molar-refractivity contribution is 7.13. The fourth-order valence-electron chi connectivity index (χ4n) is 3.93. The van der Waals surface area contributed by atoms with Gasteiger partial charge in [-0.2, -0.15) is 0 Å². The molecule has 0 bridgehead atoms. The molecule has 6 nitrogen and oxygen atoms in total. The Hall–Kier alpha value is -2.22. The molecule has 31 heavy (non-hydrogen) atoms. The number of nitrogens with zero attached hydrogens (tertiary/aromatic N) is 1. The zero-order valence-electron chi connectivity index (χ0n) is 18.0. The van der Waals surface area contributed by atoms with Gasteiger partial charge in [0.2, 0.25) is 5.91 Å². The minimum Gasteiger partial charge on any atom is -0.477 e. The van der Waals surface area contributed by atoms with Gasteiger partial charge in [-0.3, -0.25) is 4.79 Å². The van der Waals surface area contributed by atoms with Crippen LogP contribution in [-0.4, -0.2) is 34.7 Å². The van der Waals surface area contributed by atoms with Crippen molar-refractivity contribution in [2.45, 2.75) is 70.6 Å². The van der Waals surface area contributed by atoms with E-state index in [1.54, 1.807) is 12.1 Å². The van der Waals surface area contributed by atoms with Crippen LogP contribution in [0, 0.1) is 0 Å². The van der Waals surface area contributed by atoms with Gasteiger partial charge in [0.05, 0.1) is 25.4 Å². The smallest absolute Gasteiger partial charge is 0.345 e. The van der Waals surface area contributed by atoms with Crippen LogP contribution in [0.3, 0.4) is 0 Å². The van der Waals surface area contributed by atoms with Crippen molar-refractivity contribution >= 4 is 28.9 Å².